The van der Waals surface area contributed by atoms with E-state index in [1.165, 1.54) is 0 Å². The van der Waals surface area contributed by atoms with Crippen LogP contribution in [0.15, 0.2) is 48.5 Å². The molecule has 0 spiro atoms. The molecule has 1 heterocycles. The van der Waals surface area contributed by atoms with Crippen LogP contribution in [0, 0.1) is 0 Å². The van der Waals surface area contributed by atoms with E-state index < -0.39 is 17.7 Å². The van der Waals surface area contributed by atoms with Gasteiger partial charge in [-0.05, 0) is 44.9 Å². The lowest BCUT2D eigenvalue weighted by Crippen LogP contribution is -2.49. The molecule has 0 radical (unpaired) electrons. The molecule has 31 heavy (non-hydrogen) atoms. The van der Waals surface area contributed by atoms with E-state index in [9.17, 15) is 9.59 Å². The quantitative estimate of drug-likeness (QED) is 0.730. The molecule has 2 aromatic carbocycles. The summed E-state index contributed by atoms with van der Waals surface area (Å²) in [6.45, 7) is 6.45. The van der Waals surface area contributed by atoms with Crippen LogP contribution in [0.1, 0.15) is 38.8 Å². The Kier molecular flexibility index (Phi) is 6.95. The number of anilines is 1. The lowest BCUT2D eigenvalue weighted by molar-refractivity contribution is -0.133. The van der Waals surface area contributed by atoms with E-state index in [1.54, 1.807) is 63.2 Å². The van der Waals surface area contributed by atoms with Crippen LogP contribution in [0.3, 0.4) is 0 Å². The summed E-state index contributed by atoms with van der Waals surface area (Å²) in [4.78, 5) is 26.1. The van der Waals surface area contributed by atoms with Gasteiger partial charge in [0.05, 0.1) is 17.8 Å². The fourth-order valence-electron chi connectivity index (χ4n) is 3.42. The first-order chi connectivity index (χ1) is 14.7. The maximum Gasteiger partial charge on any atom is 0.408 e. The van der Waals surface area contributed by atoms with Gasteiger partial charge in [0.25, 0.3) is 5.91 Å². The Morgan fingerprint density at radius 1 is 1.10 bits per heavy atom. The fourth-order valence-corrected chi connectivity index (χ4v) is 3.63. The summed E-state index contributed by atoms with van der Waals surface area (Å²) in [6, 6.07) is 13.5. The van der Waals surface area contributed by atoms with Crippen LogP contribution in [0.2, 0.25) is 5.02 Å². The van der Waals surface area contributed by atoms with E-state index >= 15 is 0 Å². The molecule has 1 aliphatic heterocycles. The van der Waals surface area contributed by atoms with Gasteiger partial charge in [-0.2, -0.15) is 0 Å². The Morgan fingerprint density at radius 3 is 2.45 bits per heavy atom. The van der Waals surface area contributed by atoms with Crippen LogP contribution >= 0.6 is 11.6 Å². The zero-order valence-corrected chi connectivity index (χ0v) is 19.0. The Balaban J connectivity index is 1.90. The minimum atomic E-state index is -0.902. The van der Waals surface area contributed by atoms with Gasteiger partial charge in [-0.1, -0.05) is 41.9 Å². The molecule has 0 aromatic heterocycles. The highest BCUT2D eigenvalue weighted by Gasteiger charge is 2.35. The Labute approximate surface area is 187 Å². The number of alkyl carbamates (subject to hydrolysis) is 1. The summed E-state index contributed by atoms with van der Waals surface area (Å²) in [5, 5.41) is 6.70. The molecule has 0 saturated carbocycles. The van der Waals surface area contributed by atoms with E-state index in [2.05, 4.69) is 5.32 Å². The molecule has 3 rings (SSSR count). The van der Waals surface area contributed by atoms with Crippen molar-refractivity contribution in [2.24, 2.45) is 0 Å². The molecular formula is C23H28ClN3O4. The van der Waals surface area contributed by atoms with Crippen molar-refractivity contribution in [1.29, 1.82) is 0 Å². The van der Waals surface area contributed by atoms with E-state index in [1.807, 2.05) is 23.2 Å². The zero-order chi connectivity index (χ0) is 22.6. The van der Waals surface area contributed by atoms with Crippen molar-refractivity contribution in [3.05, 3.63) is 59.1 Å². The van der Waals surface area contributed by atoms with Crippen molar-refractivity contribution in [1.82, 2.24) is 10.3 Å². The van der Waals surface area contributed by atoms with Gasteiger partial charge in [0.15, 0.2) is 0 Å². The van der Waals surface area contributed by atoms with Gasteiger partial charge >= 0.3 is 6.09 Å². The number of benzene rings is 2. The number of methoxy groups -OCH3 is 1. The van der Waals surface area contributed by atoms with Crippen molar-refractivity contribution in [2.75, 3.05) is 25.2 Å². The van der Waals surface area contributed by atoms with Gasteiger partial charge in [-0.15, -0.1) is 0 Å². The number of hydrogen-bond donors (Lipinski definition) is 1. The monoisotopic (exact) mass is 445 g/mol. The minimum Gasteiger partial charge on any atom is -0.497 e. The Hall–Kier alpha value is -2.93. The van der Waals surface area contributed by atoms with Gasteiger partial charge in [-0.3, -0.25) is 14.8 Å². The molecule has 2 aromatic rings. The first-order valence-electron chi connectivity index (χ1n) is 10.2. The van der Waals surface area contributed by atoms with E-state index in [0.29, 0.717) is 35.1 Å². The molecule has 8 heteroatoms. The average Bonchev–Trinajstić information content (AvgIpc) is 3.21. The van der Waals surface area contributed by atoms with Crippen LogP contribution < -0.4 is 15.1 Å². The van der Waals surface area contributed by atoms with Crippen LogP contribution in [-0.4, -0.2) is 42.8 Å². The zero-order valence-electron chi connectivity index (χ0n) is 18.2. The number of hydrazine groups is 1. The van der Waals surface area contributed by atoms with Crippen LogP contribution in [0.25, 0.3) is 0 Å². The maximum atomic E-state index is 13.6. The SMILES string of the molecule is COc1ccc(Cl)c(N2CCCN2C(=O)[C@@H](NC(=O)OC(C)(C)C)c2ccccc2)c1. The van der Waals surface area contributed by atoms with E-state index in [-0.39, 0.29) is 5.91 Å². The number of rotatable bonds is 5. The topological polar surface area (TPSA) is 71.1 Å². The summed E-state index contributed by atoms with van der Waals surface area (Å²) >= 11 is 6.43. The van der Waals surface area contributed by atoms with Crippen molar-refractivity contribution >= 4 is 29.3 Å². The first-order valence-corrected chi connectivity index (χ1v) is 10.5. The summed E-state index contributed by atoms with van der Waals surface area (Å²) in [6.07, 6.45) is 0.118. The van der Waals surface area contributed by atoms with Crippen molar-refractivity contribution < 1.29 is 19.1 Å². The predicted molar refractivity (Wildman–Crippen MR) is 120 cm³/mol. The number of amides is 2. The second-order valence-electron chi connectivity index (χ2n) is 8.25. The van der Waals surface area contributed by atoms with Crippen LogP contribution in [0.5, 0.6) is 5.75 Å². The summed E-state index contributed by atoms with van der Waals surface area (Å²) < 4.78 is 10.7. The second kappa shape index (κ2) is 9.47. The second-order valence-corrected chi connectivity index (χ2v) is 8.65. The third kappa shape index (κ3) is 5.61. The van der Waals surface area contributed by atoms with Gasteiger partial charge in [0, 0.05) is 19.2 Å². The van der Waals surface area contributed by atoms with Crippen molar-refractivity contribution in [3.63, 3.8) is 0 Å². The lowest BCUT2D eigenvalue weighted by Gasteiger charge is -2.33. The lowest BCUT2D eigenvalue weighted by atomic mass is 10.1. The molecule has 1 saturated heterocycles. The number of nitrogens with zero attached hydrogens (tertiary/aromatic N) is 2. The minimum absolute atomic E-state index is 0.270. The summed E-state index contributed by atoms with van der Waals surface area (Å²) in [5.41, 5.74) is 0.667. The Bertz CT molecular complexity index is 930. The van der Waals surface area contributed by atoms with Gasteiger partial charge in [-0.25, -0.2) is 4.79 Å². The molecule has 1 aliphatic rings. The van der Waals surface area contributed by atoms with E-state index in [4.69, 9.17) is 21.1 Å². The highest BCUT2D eigenvalue weighted by Crippen LogP contribution is 2.34. The third-order valence-corrected chi connectivity index (χ3v) is 5.08. The molecule has 1 atom stereocenters. The molecule has 0 unspecified atom stereocenters. The molecule has 1 fully saturated rings. The largest absolute Gasteiger partial charge is 0.497 e. The third-order valence-electron chi connectivity index (χ3n) is 4.76. The van der Waals surface area contributed by atoms with Gasteiger partial charge < -0.3 is 14.8 Å². The van der Waals surface area contributed by atoms with Crippen LogP contribution in [-0.2, 0) is 9.53 Å². The maximum absolute atomic E-state index is 13.6. The molecule has 166 valence electrons. The normalized spacial score (nSPS) is 14.9. The molecule has 2 amide bonds. The fraction of sp³-hybridized carbons (Fsp3) is 0.391. The van der Waals surface area contributed by atoms with E-state index in [0.717, 1.165) is 6.42 Å². The van der Waals surface area contributed by atoms with Gasteiger partial charge in [0.1, 0.15) is 17.4 Å². The molecule has 7 nitrogen and oxygen atoms in total. The standard InChI is InChI=1S/C23H28ClN3O4/c1-23(2,3)31-22(29)25-20(16-9-6-5-7-10-16)21(28)27-14-8-13-26(27)19-15-17(30-4)11-12-18(19)24/h5-7,9-12,15,20H,8,13-14H2,1-4H3,(H,25,29)/t20-/m0/s1. The average molecular weight is 446 g/mol. The highest BCUT2D eigenvalue weighted by atomic mass is 35.5. The smallest absolute Gasteiger partial charge is 0.408 e. The van der Waals surface area contributed by atoms with Crippen molar-refractivity contribution in [3.8, 4) is 5.75 Å². The van der Waals surface area contributed by atoms with Gasteiger partial charge in [0.2, 0.25) is 0 Å². The number of carbonyl (C=O) groups excluding carboxylic acids is 2. The predicted octanol–water partition coefficient (Wildman–Crippen LogP) is 4.57. The summed E-state index contributed by atoms with van der Waals surface area (Å²) in [5.74, 6) is 0.374. The number of halogens is 1. The first kappa shape index (κ1) is 22.7. The van der Waals surface area contributed by atoms with Crippen molar-refractivity contribution in [2.45, 2.75) is 38.8 Å². The molecule has 1 N–H and O–H groups in total. The number of ether oxygens (including phenoxy) is 2. The molecule has 0 aliphatic carbocycles. The highest BCUT2D eigenvalue weighted by molar-refractivity contribution is 6.33. The summed E-state index contributed by atoms with van der Waals surface area (Å²) in [7, 11) is 1.58. The Morgan fingerprint density at radius 2 is 1.81 bits per heavy atom. The van der Waals surface area contributed by atoms with Crippen LogP contribution in [0.4, 0.5) is 10.5 Å². The number of nitrogens with one attached hydrogen (secondary N) is 1. The number of carbonyl (C=O) groups is 2. The molecular weight excluding hydrogens is 418 g/mol. The molecule has 0 bridgehead atoms. The number of hydrogen-bond acceptors (Lipinski definition) is 5.